The van der Waals surface area contributed by atoms with Crippen LogP contribution in [0.1, 0.15) is 11.1 Å². The first-order chi connectivity index (χ1) is 11.7. The molecule has 3 aromatic carbocycles. The number of nitrogens with one attached hydrogen (secondary N) is 1. The Morgan fingerprint density at radius 1 is 0.875 bits per heavy atom. The van der Waals surface area contributed by atoms with E-state index in [4.69, 9.17) is 4.74 Å². The number of carbonyl (C=O) groups is 1. The van der Waals surface area contributed by atoms with Crippen LogP contribution in [0, 0.1) is 6.92 Å². The van der Waals surface area contributed by atoms with Gasteiger partial charge >= 0.3 is 0 Å². The van der Waals surface area contributed by atoms with Crippen LogP contribution >= 0.6 is 0 Å². The molecule has 0 bridgehead atoms. The fourth-order valence-corrected chi connectivity index (χ4v) is 2.36. The molecule has 24 heavy (non-hydrogen) atoms. The number of carbonyl (C=O) groups excluding carboxylic acids is 1. The van der Waals surface area contributed by atoms with E-state index in [9.17, 15) is 4.79 Å². The molecule has 0 atom stereocenters. The summed E-state index contributed by atoms with van der Waals surface area (Å²) in [6.45, 7) is 2.03. The lowest BCUT2D eigenvalue weighted by Crippen LogP contribution is -2.14. The Hall–Kier alpha value is -3.07. The standard InChI is InChI=1S/C21H19NO2/c1-16-11-13-17(14-12-16)15-21(23)22-19-9-5-6-10-20(19)24-18-7-3-2-4-8-18/h2-14H,15H2,1H3,(H,22,23). The first-order valence-electron chi connectivity index (χ1n) is 7.88. The van der Waals surface area contributed by atoms with Gasteiger partial charge in [0.25, 0.3) is 0 Å². The number of rotatable bonds is 5. The molecule has 0 spiro atoms. The average Bonchev–Trinajstić information content (AvgIpc) is 2.60. The van der Waals surface area contributed by atoms with Gasteiger partial charge in [-0.2, -0.15) is 0 Å². The van der Waals surface area contributed by atoms with E-state index in [-0.39, 0.29) is 5.91 Å². The van der Waals surface area contributed by atoms with Crippen molar-refractivity contribution >= 4 is 11.6 Å². The first kappa shape index (κ1) is 15.8. The van der Waals surface area contributed by atoms with Gasteiger partial charge < -0.3 is 10.1 Å². The molecule has 0 unspecified atom stereocenters. The summed E-state index contributed by atoms with van der Waals surface area (Å²) in [6, 6.07) is 24.9. The quantitative estimate of drug-likeness (QED) is 0.721. The molecular weight excluding hydrogens is 298 g/mol. The van der Waals surface area contributed by atoms with Crippen molar-refractivity contribution < 1.29 is 9.53 Å². The van der Waals surface area contributed by atoms with E-state index in [2.05, 4.69) is 5.32 Å². The molecule has 0 radical (unpaired) electrons. The molecule has 0 saturated heterocycles. The molecule has 3 rings (SSSR count). The van der Waals surface area contributed by atoms with Crippen molar-refractivity contribution in [3.8, 4) is 11.5 Å². The van der Waals surface area contributed by atoms with Gasteiger partial charge in [-0.15, -0.1) is 0 Å². The van der Waals surface area contributed by atoms with Gasteiger partial charge in [0, 0.05) is 0 Å². The predicted octanol–water partition coefficient (Wildman–Crippen LogP) is 4.97. The van der Waals surface area contributed by atoms with Gasteiger partial charge in [0.2, 0.25) is 5.91 Å². The van der Waals surface area contributed by atoms with Crippen LogP contribution in [0.3, 0.4) is 0 Å². The lowest BCUT2D eigenvalue weighted by Gasteiger charge is -2.12. The predicted molar refractivity (Wildman–Crippen MR) is 96.5 cm³/mol. The average molecular weight is 317 g/mol. The van der Waals surface area contributed by atoms with E-state index in [1.807, 2.05) is 85.8 Å². The molecular formula is C21H19NO2. The fraction of sp³-hybridized carbons (Fsp3) is 0.0952. The Morgan fingerprint density at radius 3 is 2.29 bits per heavy atom. The van der Waals surface area contributed by atoms with Gasteiger partial charge in [-0.25, -0.2) is 0 Å². The van der Waals surface area contributed by atoms with Crippen molar-refractivity contribution in [1.82, 2.24) is 0 Å². The molecule has 3 aromatic rings. The minimum absolute atomic E-state index is 0.0667. The largest absolute Gasteiger partial charge is 0.455 e. The monoisotopic (exact) mass is 317 g/mol. The zero-order valence-corrected chi connectivity index (χ0v) is 13.5. The highest BCUT2D eigenvalue weighted by Crippen LogP contribution is 2.29. The molecule has 3 nitrogen and oxygen atoms in total. The molecule has 0 aromatic heterocycles. The molecule has 0 aliphatic carbocycles. The highest BCUT2D eigenvalue weighted by atomic mass is 16.5. The summed E-state index contributed by atoms with van der Waals surface area (Å²) < 4.78 is 5.86. The topological polar surface area (TPSA) is 38.3 Å². The van der Waals surface area contributed by atoms with E-state index < -0.39 is 0 Å². The second-order valence-corrected chi connectivity index (χ2v) is 5.62. The highest BCUT2D eigenvalue weighted by Gasteiger charge is 2.09. The maximum Gasteiger partial charge on any atom is 0.228 e. The Kier molecular flexibility index (Phi) is 4.92. The smallest absolute Gasteiger partial charge is 0.228 e. The van der Waals surface area contributed by atoms with E-state index in [1.165, 1.54) is 5.56 Å². The maximum absolute atomic E-state index is 12.3. The number of amides is 1. The van der Waals surface area contributed by atoms with Gasteiger partial charge in [-0.3, -0.25) is 4.79 Å². The second kappa shape index (κ2) is 7.47. The summed E-state index contributed by atoms with van der Waals surface area (Å²) >= 11 is 0. The SMILES string of the molecule is Cc1ccc(CC(=O)Nc2ccccc2Oc2ccccc2)cc1. The van der Waals surface area contributed by atoms with Crippen molar-refractivity contribution in [2.45, 2.75) is 13.3 Å². The van der Waals surface area contributed by atoms with Crippen LogP contribution in [0.15, 0.2) is 78.9 Å². The molecule has 0 saturated carbocycles. The minimum atomic E-state index is -0.0667. The zero-order valence-electron chi connectivity index (χ0n) is 13.5. The molecule has 1 amide bonds. The Balaban J connectivity index is 1.70. The molecule has 1 N–H and O–H groups in total. The third-order valence-electron chi connectivity index (χ3n) is 3.62. The number of anilines is 1. The van der Waals surface area contributed by atoms with Crippen molar-refractivity contribution in [3.63, 3.8) is 0 Å². The maximum atomic E-state index is 12.3. The van der Waals surface area contributed by atoms with Gasteiger partial charge in [0.15, 0.2) is 5.75 Å². The molecule has 3 heteroatoms. The van der Waals surface area contributed by atoms with Crippen molar-refractivity contribution in [3.05, 3.63) is 90.0 Å². The second-order valence-electron chi connectivity index (χ2n) is 5.62. The molecule has 0 heterocycles. The van der Waals surface area contributed by atoms with E-state index in [0.717, 1.165) is 11.3 Å². The normalized spacial score (nSPS) is 10.2. The van der Waals surface area contributed by atoms with Crippen LogP contribution in [0.4, 0.5) is 5.69 Å². The molecule has 0 aliphatic heterocycles. The third kappa shape index (κ3) is 4.23. The number of benzene rings is 3. The Labute approximate surface area is 141 Å². The highest BCUT2D eigenvalue weighted by molar-refractivity contribution is 5.93. The summed E-state index contributed by atoms with van der Waals surface area (Å²) in [4.78, 5) is 12.3. The number of aryl methyl sites for hydroxylation is 1. The van der Waals surface area contributed by atoms with Crippen molar-refractivity contribution in [2.75, 3.05) is 5.32 Å². The van der Waals surface area contributed by atoms with Gasteiger partial charge in [0.1, 0.15) is 5.75 Å². The van der Waals surface area contributed by atoms with Crippen molar-refractivity contribution in [1.29, 1.82) is 0 Å². The van der Waals surface area contributed by atoms with Crippen LogP contribution in [0.25, 0.3) is 0 Å². The van der Waals surface area contributed by atoms with E-state index in [1.54, 1.807) is 0 Å². The van der Waals surface area contributed by atoms with Crippen LogP contribution in [-0.2, 0) is 11.2 Å². The third-order valence-corrected chi connectivity index (χ3v) is 3.62. The van der Waals surface area contributed by atoms with Crippen LogP contribution in [0.5, 0.6) is 11.5 Å². The van der Waals surface area contributed by atoms with Crippen LogP contribution in [-0.4, -0.2) is 5.91 Å². The lowest BCUT2D eigenvalue weighted by atomic mass is 10.1. The van der Waals surface area contributed by atoms with Crippen molar-refractivity contribution in [2.24, 2.45) is 0 Å². The lowest BCUT2D eigenvalue weighted by molar-refractivity contribution is -0.115. The number of para-hydroxylation sites is 3. The number of hydrogen-bond acceptors (Lipinski definition) is 2. The number of ether oxygens (including phenoxy) is 1. The summed E-state index contributed by atoms with van der Waals surface area (Å²) in [6.07, 6.45) is 0.333. The Morgan fingerprint density at radius 2 is 1.54 bits per heavy atom. The summed E-state index contributed by atoms with van der Waals surface area (Å²) in [5, 5.41) is 2.93. The first-order valence-corrected chi connectivity index (χ1v) is 7.88. The Bertz CT molecular complexity index is 811. The summed E-state index contributed by atoms with van der Waals surface area (Å²) in [5.74, 6) is 1.29. The summed E-state index contributed by atoms with van der Waals surface area (Å²) in [7, 11) is 0. The number of hydrogen-bond donors (Lipinski definition) is 1. The minimum Gasteiger partial charge on any atom is -0.455 e. The molecule has 0 fully saturated rings. The summed E-state index contributed by atoms with van der Waals surface area (Å²) in [5.41, 5.74) is 2.83. The zero-order chi connectivity index (χ0) is 16.8. The van der Waals surface area contributed by atoms with Crippen LogP contribution < -0.4 is 10.1 Å². The van der Waals surface area contributed by atoms with Gasteiger partial charge in [0.05, 0.1) is 12.1 Å². The van der Waals surface area contributed by atoms with E-state index >= 15 is 0 Å². The van der Waals surface area contributed by atoms with Gasteiger partial charge in [-0.05, 0) is 36.8 Å². The van der Waals surface area contributed by atoms with Gasteiger partial charge in [-0.1, -0.05) is 60.2 Å². The fourth-order valence-electron chi connectivity index (χ4n) is 2.36. The molecule has 120 valence electrons. The van der Waals surface area contributed by atoms with E-state index in [0.29, 0.717) is 17.9 Å². The van der Waals surface area contributed by atoms with Crippen LogP contribution in [0.2, 0.25) is 0 Å². The molecule has 0 aliphatic rings.